The van der Waals surface area contributed by atoms with E-state index in [9.17, 15) is 4.79 Å². The average molecular weight is 448 g/mol. The number of nitrogens with zero attached hydrogens (tertiary/aromatic N) is 3. The van der Waals surface area contributed by atoms with Crippen LogP contribution in [0.1, 0.15) is 10.4 Å². The zero-order valence-electron chi connectivity index (χ0n) is 14.9. The van der Waals surface area contributed by atoms with E-state index < -0.39 is 0 Å². The van der Waals surface area contributed by atoms with Crippen molar-refractivity contribution >= 4 is 48.5 Å². The maximum atomic E-state index is 13.3. The van der Waals surface area contributed by atoms with E-state index in [-0.39, 0.29) is 12.7 Å². The number of ether oxygens (including phenoxy) is 2. The molecule has 0 fully saturated rings. The molecule has 1 aliphatic rings. The molecule has 0 bridgehead atoms. The number of carbonyl (C=O) groups excluding carboxylic acids is 1. The smallest absolute Gasteiger partial charge is 0.260 e. The van der Waals surface area contributed by atoms with Crippen LogP contribution >= 0.6 is 27.3 Å². The van der Waals surface area contributed by atoms with Crippen LogP contribution in [0.25, 0.3) is 10.2 Å². The third kappa shape index (κ3) is 3.78. The van der Waals surface area contributed by atoms with Crippen molar-refractivity contribution in [3.63, 3.8) is 0 Å². The molecule has 1 aliphatic heterocycles. The number of hydrogen-bond acceptors (Lipinski definition) is 6. The second kappa shape index (κ2) is 7.46. The van der Waals surface area contributed by atoms with Crippen molar-refractivity contribution in [1.82, 2.24) is 9.88 Å². The van der Waals surface area contributed by atoms with Crippen LogP contribution in [0.15, 0.2) is 40.9 Å². The van der Waals surface area contributed by atoms with Gasteiger partial charge in [-0.1, -0.05) is 27.3 Å². The molecule has 0 saturated carbocycles. The number of amides is 1. The SMILES string of the molecule is CN(C)CCN(C(=O)c1ccc2c(c1)OCO2)c1nc2ccc(Br)cc2s1. The molecular formula is C19H18BrN3O3S. The Morgan fingerprint density at radius 1 is 1.15 bits per heavy atom. The quantitative estimate of drug-likeness (QED) is 0.591. The number of fused-ring (bicyclic) bond motifs is 2. The molecule has 140 valence electrons. The van der Waals surface area contributed by atoms with Gasteiger partial charge in [0.15, 0.2) is 16.6 Å². The largest absolute Gasteiger partial charge is 0.454 e. The van der Waals surface area contributed by atoms with E-state index in [0.29, 0.717) is 28.7 Å². The third-order valence-corrected chi connectivity index (χ3v) is 5.74. The Bertz CT molecular complexity index is 1010. The lowest BCUT2D eigenvalue weighted by Crippen LogP contribution is -2.36. The van der Waals surface area contributed by atoms with Gasteiger partial charge in [0.2, 0.25) is 6.79 Å². The summed E-state index contributed by atoms with van der Waals surface area (Å²) in [6.45, 7) is 1.46. The van der Waals surface area contributed by atoms with E-state index in [2.05, 4.69) is 20.9 Å². The normalized spacial score (nSPS) is 12.7. The van der Waals surface area contributed by atoms with Gasteiger partial charge in [-0.25, -0.2) is 4.98 Å². The predicted octanol–water partition coefficient (Wildman–Crippen LogP) is 4.00. The van der Waals surface area contributed by atoms with Crippen LogP contribution in [0, 0.1) is 0 Å². The Hall–Kier alpha value is -2.16. The fourth-order valence-electron chi connectivity index (χ4n) is 2.77. The second-order valence-corrected chi connectivity index (χ2v) is 8.36. The number of benzene rings is 2. The molecular weight excluding hydrogens is 430 g/mol. The van der Waals surface area contributed by atoms with Crippen molar-refractivity contribution in [3.05, 3.63) is 46.4 Å². The number of thiazole rings is 1. The van der Waals surface area contributed by atoms with Crippen LogP contribution in [0.3, 0.4) is 0 Å². The average Bonchev–Trinajstić information content (AvgIpc) is 3.26. The summed E-state index contributed by atoms with van der Waals surface area (Å²) < 4.78 is 12.8. The van der Waals surface area contributed by atoms with Gasteiger partial charge < -0.3 is 14.4 Å². The molecule has 6 nitrogen and oxygen atoms in total. The molecule has 1 amide bonds. The van der Waals surface area contributed by atoms with Crippen LogP contribution in [0.5, 0.6) is 11.5 Å². The van der Waals surface area contributed by atoms with Crippen LogP contribution in [-0.4, -0.2) is 49.8 Å². The van der Waals surface area contributed by atoms with E-state index in [4.69, 9.17) is 9.47 Å². The number of rotatable bonds is 5. The van der Waals surface area contributed by atoms with Gasteiger partial charge in [-0.15, -0.1) is 0 Å². The van der Waals surface area contributed by atoms with Gasteiger partial charge in [0, 0.05) is 23.1 Å². The monoisotopic (exact) mass is 447 g/mol. The topological polar surface area (TPSA) is 54.9 Å². The second-order valence-electron chi connectivity index (χ2n) is 6.44. The minimum Gasteiger partial charge on any atom is -0.454 e. The maximum Gasteiger partial charge on any atom is 0.260 e. The number of anilines is 1. The van der Waals surface area contributed by atoms with Gasteiger partial charge in [0.25, 0.3) is 5.91 Å². The highest BCUT2D eigenvalue weighted by molar-refractivity contribution is 9.10. The molecule has 8 heteroatoms. The molecule has 0 unspecified atom stereocenters. The van der Waals surface area contributed by atoms with Crippen LogP contribution < -0.4 is 14.4 Å². The minimum atomic E-state index is -0.103. The first-order chi connectivity index (χ1) is 13.0. The molecule has 0 N–H and O–H groups in total. The Balaban J connectivity index is 1.69. The molecule has 0 spiro atoms. The van der Waals surface area contributed by atoms with E-state index in [0.717, 1.165) is 21.2 Å². The van der Waals surface area contributed by atoms with E-state index in [1.165, 1.54) is 11.3 Å². The van der Waals surface area contributed by atoms with E-state index in [1.807, 2.05) is 37.2 Å². The van der Waals surface area contributed by atoms with Gasteiger partial charge >= 0.3 is 0 Å². The molecule has 1 aromatic heterocycles. The highest BCUT2D eigenvalue weighted by atomic mass is 79.9. The van der Waals surface area contributed by atoms with Gasteiger partial charge in [-0.3, -0.25) is 9.69 Å². The van der Waals surface area contributed by atoms with Crippen LogP contribution in [0.4, 0.5) is 5.13 Å². The van der Waals surface area contributed by atoms with Crippen molar-refractivity contribution in [2.75, 3.05) is 38.9 Å². The number of likely N-dealkylation sites (N-methyl/N-ethyl adjacent to an activating group) is 1. The van der Waals surface area contributed by atoms with Crippen molar-refractivity contribution in [2.24, 2.45) is 0 Å². The number of halogens is 1. The lowest BCUT2D eigenvalue weighted by Gasteiger charge is -2.22. The van der Waals surface area contributed by atoms with Crippen molar-refractivity contribution in [3.8, 4) is 11.5 Å². The van der Waals surface area contributed by atoms with Crippen molar-refractivity contribution < 1.29 is 14.3 Å². The number of carbonyl (C=O) groups is 1. The summed E-state index contributed by atoms with van der Waals surface area (Å²) in [7, 11) is 3.97. The van der Waals surface area contributed by atoms with Crippen molar-refractivity contribution in [2.45, 2.75) is 0 Å². The molecule has 27 heavy (non-hydrogen) atoms. The van der Waals surface area contributed by atoms with Crippen LogP contribution in [0.2, 0.25) is 0 Å². The summed E-state index contributed by atoms with van der Waals surface area (Å²) in [5.41, 5.74) is 1.44. The van der Waals surface area contributed by atoms with Crippen LogP contribution in [-0.2, 0) is 0 Å². The molecule has 2 aromatic carbocycles. The molecule has 0 atom stereocenters. The Morgan fingerprint density at radius 3 is 2.78 bits per heavy atom. The summed E-state index contributed by atoms with van der Waals surface area (Å²) in [5, 5.41) is 0.688. The lowest BCUT2D eigenvalue weighted by molar-refractivity contribution is 0.0984. The van der Waals surface area contributed by atoms with E-state index in [1.54, 1.807) is 23.1 Å². The fourth-order valence-corrected chi connectivity index (χ4v) is 4.31. The molecule has 0 radical (unpaired) electrons. The minimum absolute atomic E-state index is 0.103. The zero-order valence-corrected chi connectivity index (χ0v) is 17.3. The van der Waals surface area contributed by atoms with E-state index >= 15 is 0 Å². The van der Waals surface area contributed by atoms with Gasteiger partial charge in [-0.05, 0) is 50.5 Å². The summed E-state index contributed by atoms with van der Waals surface area (Å²) in [4.78, 5) is 21.7. The Morgan fingerprint density at radius 2 is 1.96 bits per heavy atom. The highest BCUT2D eigenvalue weighted by Crippen LogP contribution is 2.35. The van der Waals surface area contributed by atoms with Gasteiger partial charge in [0.05, 0.1) is 10.2 Å². The standard InChI is InChI=1S/C19H18BrN3O3S/c1-22(2)7-8-23(19-21-14-5-4-13(20)10-17(14)27-19)18(24)12-3-6-15-16(9-12)26-11-25-15/h3-6,9-10H,7-8,11H2,1-2H3. The Kier molecular flexibility index (Phi) is 5.03. The first-order valence-electron chi connectivity index (χ1n) is 8.43. The highest BCUT2D eigenvalue weighted by Gasteiger charge is 2.24. The molecule has 0 aliphatic carbocycles. The summed E-state index contributed by atoms with van der Waals surface area (Å²) in [6, 6.07) is 11.2. The molecule has 2 heterocycles. The van der Waals surface area contributed by atoms with Gasteiger partial charge in [-0.2, -0.15) is 0 Å². The fraction of sp³-hybridized carbons (Fsp3) is 0.263. The number of hydrogen-bond donors (Lipinski definition) is 0. The summed E-state index contributed by atoms with van der Waals surface area (Å²) in [5.74, 6) is 1.16. The first-order valence-corrected chi connectivity index (χ1v) is 10.0. The molecule has 0 saturated heterocycles. The first kappa shape index (κ1) is 18.2. The maximum absolute atomic E-state index is 13.3. The number of aromatic nitrogens is 1. The lowest BCUT2D eigenvalue weighted by atomic mass is 10.2. The molecule has 3 aromatic rings. The zero-order chi connectivity index (χ0) is 19.0. The predicted molar refractivity (Wildman–Crippen MR) is 110 cm³/mol. The Labute approximate surface area is 169 Å². The third-order valence-electron chi connectivity index (χ3n) is 4.21. The van der Waals surface area contributed by atoms with Crippen molar-refractivity contribution in [1.29, 1.82) is 0 Å². The molecule has 4 rings (SSSR count). The van der Waals surface area contributed by atoms with Gasteiger partial charge in [0.1, 0.15) is 0 Å². The summed E-state index contributed by atoms with van der Waals surface area (Å²) >= 11 is 5.00. The summed E-state index contributed by atoms with van der Waals surface area (Å²) in [6.07, 6.45) is 0.